The summed E-state index contributed by atoms with van der Waals surface area (Å²) in [4.78, 5) is 46.0. The summed E-state index contributed by atoms with van der Waals surface area (Å²) in [5.74, 6) is 1.64. The third-order valence-electron chi connectivity index (χ3n) is 7.77. The molecule has 45 heavy (non-hydrogen) atoms. The lowest BCUT2D eigenvalue weighted by molar-refractivity contribution is -0.123. The summed E-state index contributed by atoms with van der Waals surface area (Å²) in [6, 6.07) is 9.50. The van der Waals surface area contributed by atoms with Gasteiger partial charge in [-0.1, -0.05) is 0 Å². The monoisotopic (exact) mass is 662 g/mol. The summed E-state index contributed by atoms with van der Waals surface area (Å²) >= 11 is 0. The molecule has 1 saturated heterocycles. The van der Waals surface area contributed by atoms with E-state index in [2.05, 4.69) is 20.9 Å². The summed E-state index contributed by atoms with van der Waals surface area (Å²) in [7, 11) is 3.02. The molecule has 5 heterocycles. The highest BCUT2D eigenvalue weighted by molar-refractivity contribution is 5.96. The zero-order chi connectivity index (χ0) is 29.9. The average molecular weight is 664 g/mol. The molecule has 0 unspecified atom stereocenters. The topological polar surface area (TPSA) is 145 Å². The summed E-state index contributed by atoms with van der Waals surface area (Å²) < 4.78 is 25.0. The molecular formula is C30H36Cl2N6O7. The Balaban J connectivity index is 0.00000230. The number of hydrogen-bond donors (Lipinski definition) is 3. The number of ether oxygens (including phenoxy) is 4. The van der Waals surface area contributed by atoms with Crippen LogP contribution >= 0.6 is 24.8 Å². The van der Waals surface area contributed by atoms with Crippen LogP contribution in [0, 0.1) is 0 Å². The Kier molecular flexibility index (Phi) is 11.0. The number of aromatic nitrogens is 2. The van der Waals surface area contributed by atoms with Crippen LogP contribution in [0.25, 0.3) is 0 Å². The summed E-state index contributed by atoms with van der Waals surface area (Å²) in [6.07, 6.45) is 1.98. The molecule has 0 saturated carbocycles. The second-order valence-electron chi connectivity index (χ2n) is 10.6. The van der Waals surface area contributed by atoms with Crippen molar-refractivity contribution in [2.75, 3.05) is 47.0 Å². The maximum atomic E-state index is 13.6. The molecule has 1 fully saturated rings. The van der Waals surface area contributed by atoms with Gasteiger partial charge in [0.15, 0.2) is 6.61 Å². The lowest BCUT2D eigenvalue weighted by Gasteiger charge is -2.22. The number of carbonyl (C=O) groups excluding carboxylic acids is 3. The fourth-order valence-corrected chi connectivity index (χ4v) is 5.50. The molecule has 4 aliphatic rings. The minimum Gasteiger partial charge on any atom is -0.497 e. The van der Waals surface area contributed by atoms with Gasteiger partial charge in [0.05, 0.1) is 26.8 Å². The SMILES string of the molecule is COc1cc2cc(c1)C(=O)N[C@H]1CN(C(=O)c3cn4c(n3)CCNCC4)C[C@@H]1Oc1ccc(c(OC)c1)CNC(=O)CO2.Cl.Cl. The van der Waals surface area contributed by atoms with Crippen LogP contribution < -0.4 is 34.9 Å². The number of halogens is 2. The average Bonchev–Trinajstić information content (AvgIpc) is 3.54. The van der Waals surface area contributed by atoms with Crippen LogP contribution in [-0.2, 0) is 24.3 Å². The lowest BCUT2D eigenvalue weighted by Crippen LogP contribution is -2.45. The third kappa shape index (κ3) is 7.55. The first-order chi connectivity index (χ1) is 20.9. The molecule has 7 rings (SSSR count). The Hall–Kier alpha value is -4.20. The smallest absolute Gasteiger partial charge is 0.274 e. The Bertz CT molecular complexity index is 1530. The number of likely N-dealkylation sites (tertiary alicyclic amines) is 1. The molecule has 3 amide bonds. The molecule has 2 aromatic carbocycles. The van der Waals surface area contributed by atoms with Crippen molar-refractivity contribution < 1.29 is 33.3 Å². The van der Waals surface area contributed by atoms with Crippen molar-refractivity contribution in [2.45, 2.75) is 31.7 Å². The molecule has 3 aromatic rings. The standard InChI is InChI=1S/C30H34N6O7.2ClH/c1-40-21-9-19-10-22(11-21)42-17-28(37)32-13-18-3-4-20(12-25(18)41-2)43-26-16-36(14-23(26)34-29(19)38)30(39)24-15-35-8-7-31-6-5-27(35)33-24;;/h3-4,9-12,15,23,26,31H,5-8,13-14,16-17H2,1-2H3,(H,32,37)(H,34,38);2*1H/t23-,26-;;/m0../s1. The van der Waals surface area contributed by atoms with Gasteiger partial charge in [-0.2, -0.15) is 0 Å². The van der Waals surface area contributed by atoms with Gasteiger partial charge in [0, 0.05) is 68.6 Å². The van der Waals surface area contributed by atoms with Crippen molar-refractivity contribution >= 4 is 42.5 Å². The second-order valence-corrected chi connectivity index (χ2v) is 10.6. The van der Waals surface area contributed by atoms with Gasteiger partial charge < -0.3 is 44.4 Å². The molecular weight excluding hydrogens is 627 g/mol. The molecule has 4 bridgehead atoms. The van der Waals surface area contributed by atoms with Crippen molar-refractivity contribution in [3.8, 4) is 23.0 Å². The van der Waals surface area contributed by atoms with Gasteiger partial charge in [-0.25, -0.2) is 4.98 Å². The van der Waals surface area contributed by atoms with Crippen molar-refractivity contribution in [1.29, 1.82) is 0 Å². The van der Waals surface area contributed by atoms with E-state index in [-0.39, 0.29) is 68.4 Å². The van der Waals surface area contributed by atoms with Gasteiger partial charge in [0.25, 0.3) is 17.7 Å². The van der Waals surface area contributed by atoms with Crippen molar-refractivity contribution in [3.63, 3.8) is 0 Å². The van der Waals surface area contributed by atoms with Gasteiger partial charge >= 0.3 is 0 Å². The van der Waals surface area contributed by atoms with Gasteiger partial charge in [-0.15, -0.1) is 24.8 Å². The van der Waals surface area contributed by atoms with E-state index in [9.17, 15) is 14.4 Å². The number of rotatable bonds is 3. The van der Waals surface area contributed by atoms with Gasteiger partial charge in [-0.3, -0.25) is 14.4 Å². The first kappa shape index (κ1) is 33.7. The Morgan fingerprint density at radius 3 is 2.67 bits per heavy atom. The van der Waals surface area contributed by atoms with E-state index in [4.69, 9.17) is 18.9 Å². The highest BCUT2D eigenvalue weighted by atomic mass is 35.5. The van der Waals surface area contributed by atoms with Crippen LogP contribution in [0.15, 0.2) is 42.6 Å². The van der Waals surface area contributed by atoms with E-state index in [1.165, 1.54) is 14.2 Å². The third-order valence-corrected chi connectivity index (χ3v) is 7.77. The molecule has 242 valence electrons. The van der Waals surface area contributed by atoms with Crippen LogP contribution in [0.5, 0.6) is 23.0 Å². The number of nitrogens with zero attached hydrogens (tertiary/aromatic N) is 3. The van der Waals surface area contributed by atoms with Gasteiger partial charge in [-0.05, 0) is 24.3 Å². The fourth-order valence-electron chi connectivity index (χ4n) is 5.50. The normalized spacial score (nSPS) is 19.5. The van der Waals surface area contributed by atoms with Crippen molar-refractivity contribution in [2.24, 2.45) is 0 Å². The van der Waals surface area contributed by atoms with E-state index in [1.54, 1.807) is 47.5 Å². The number of fused-ring (bicyclic) bond motifs is 8. The fraction of sp³-hybridized carbons (Fsp3) is 0.400. The quantitative estimate of drug-likeness (QED) is 0.381. The number of hydrogen-bond acceptors (Lipinski definition) is 9. The van der Waals surface area contributed by atoms with E-state index < -0.39 is 18.1 Å². The number of carbonyl (C=O) groups is 3. The molecule has 0 spiro atoms. The van der Waals surface area contributed by atoms with Crippen LogP contribution in [0.2, 0.25) is 0 Å². The summed E-state index contributed by atoms with van der Waals surface area (Å²) in [5, 5.41) is 9.19. The molecule has 1 aromatic heterocycles. The highest BCUT2D eigenvalue weighted by Crippen LogP contribution is 2.29. The predicted octanol–water partition coefficient (Wildman–Crippen LogP) is 1.60. The number of methoxy groups -OCH3 is 2. The van der Waals surface area contributed by atoms with Crippen molar-refractivity contribution in [1.82, 2.24) is 30.4 Å². The molecule has 0 aliphatic carbocycles. The van der Waals surface area contributed by atoms with E-state index in [1.807, 2.05) is 4.57 Å². The van der Waals surface area contributed by atoms with Crippen LogP contribution in [-0.4, -0.2) is 91.3 Å². The van der Waals surface area contributed by atoms with E-state index in [0.29, 0.717) is 28.7 Å². The Morgan fingerprint density at radius 2 is 1.87 bits per heavy atom. The number of nitrogens with one attached hydrogen (secondary N) is 3. The lowest BCUT2D eigenvalue weighted by atomic mass is 10.1. The predicted molar refractivity (Wildman–Crippen MR) is 168 cm³/mol. The number of benzene rings is 2. The maximum Gasteiger partial charge on any atom is 0.274 e. The van der Waals surface area contributed by atoms with Gasteiger partial charge in [0.2, 0.25) is 0 Å². The summed E-state index contributed by atoms with van der Waals surface area (Å²) in [5.41, 5.74) is 1.40. The molecule has 3 N–H and O–H groups in total. The Morgan fingerprint density at radius 1 is 1.02 bits per heavy atom. The molecule has 4 aliphatic heterocycles. The molecule has 2 atom stereocenters. The minimum atomic E-state index is -0.565. The maximum absolute atomic E-state index is 13.6. The van der Waals surface area contributed by atoms with E-state index in [0.717, 1.165) is 37.4 Å². The second kappa shape index (κ2) is 14.7. The van der Waals surface area contributed by atoms with Crippen LogP contribution in [0.3, 0.4) is 0 Å². The number of amides is 3. The molecule has 13 nitrogen and oxygen atoms in total. The van der Waals surface area contributed by atoms with Gasteiger partial charge in [0.1, 0.15) is 40.6 Å². The highest BCUT2D eigenvalue weighted by Gasteiger charge is 2.39. The number of imidazole rings is 1. The van der Waals surface area contributed by atoms with Crippen molar-refractivity contribution in [3.05, 3.63) is 65.2 Å². The Labute approximate surface area is 272 Å². The first-order valence-electron chi connectivity index (χ1n) is 14.2. The van der Waals surface area contributed by atoms with E-state index >= 15 is 0 Å². The largest absolute Gasteiger partial charge is 0.497 e. The zero-order valence-corrected chi connectivity index (χ0v) is 26.5. The minimum absolute atomic E-state index is 0. The molecule has 15 heteroatoms. The van der Waals surface area contributed by atoms with Crippen LogP contribution in [0.1, 0.15) is 32.2 Å². The molecule has 0 radical (unpaired) electrons. The zero-order valence-electron chi connectivity index (χ0n) is 24.9. The summed E-state index contributed by atoms with van der Waals surface area (Å²) in [6.45, 7) is 2.79. The van der Waals surface area contributed by atoms with Crippen LogP contribution in [0.4, 0.5) is 0 Å². The first-order valence-corrected chi connectivity index (χ1v) is 14.2.